The first-order valence-electron chi connectivity index (χ1n) is 8.36. The third-order valence-corrected chi connectivity index (χ3v) is 3.79. The number of carbonyl (C=O) groups excluding carboxylic acids is 2. The molecule has 0 aliphatic heterocycles. The number of nitrogens with one attached hydrogen (secondary N) is 2. The van der Waals surface area contributed by atoms with E-state index < -0.39 is 16.8 Å². The van der Waals surface area contributed by atoms with E-state index in [-0.39, 0.29) is 12.3 Å². The molecule has 27 heavy (non-hydrogen) atoms. The first kappa shape index (κ1) is 19.9. The van der Waals surface area contributed by atoms with Crippen LogP contribution in [0.25, 0.3) is 0 Å². The molecule has 0 atom stereocenters. The molecule has 0 radical (unpaired) electrons. The fraction of sp³-hybridized carbons (Fsp3) is 0.263. The maximum atomic E-state index is 12.0. The van der Waals surface area contributed by atoms with Crippen LogP contribution >= 0.6 is 0 Å². The van der Waals surface area contributed by atoms with Crippen LogP contribution in [0.1, 0.15) is 21.5 Å². The van der Waals surface area contributed by atoms with Crippen LogP contribution in [0.4, 0.5) is 11.4 Å². The van der Waals surface area contributed by atoms with Crippen LogP contribution in [0.5, 0.6) is 0 Å². The number of esters is 1. The molecule has 0 unspecified atom stereocenters. The Morgan fingerprint density at radius 3 is 2.41 bits per heavy atom. The van der Waals surface area contributed by atoms with Gasteiger partial charge in [0.2, 0.25) is 0 Å². The van der Waals surface area contributed by atoms with Gasteiger partial charge in [0.25, 0.3) is 11.6 Å². The molecule has 8 nitrogen and oxygen atoms in total. The van der Waals surface area contributed by atoms with Crippen molar-refractivity contribution < 1.29 is 19.2 Å². The molecule has 0 aliphatic carbocycles. The van der Waals surface area contributed by atoms with E-state index in [1.54, 1.807) is 18.2 Å². The van der Waals surface area contributed by atoms with Crippen molar-refractivity contribution in [2.24, 2.45) is 0 Å². The first-order chi connectivity index (χ1) is 12.9. The van der Waals surface area contributed by atoms with Gasteiger partial charge in [-0.2, -0.15) is 0 Å². The molecule has 2 aromatic carbocycles. The van der Waals surface area contributed by atoms with Gasteiger partial charge in [0.05, 0.1) is 10.5 Å². The number of anilines is 1. The van der Waals surface area contributed by atoms with Crippen molar-refractivity contribution in [2.45, 2.75) is 13.8 Å². The first-order valence-corrected chi connectivity index (χ1v) is 8.36. The molecule has 0 saturated carbocycles. The summed E-state index contributed by atoms with van der Waals surface area (Å²) in [5.74, 6) is -0.940. The third-order valence-electron chi connectivity index (χ3n) is 3.79. The van der Waals surface area contributed by atoms with E-state index in [2.05, 4.69) is 10.6 Å². The molecule has 0 fully saturated rings. The molecule has 142 valence electrons. The summed E-state index contributed by atoms with van der Waals surface area (Å²) >= 11 is 0. The molecule has 2 N–H and O–H groups in total. The fourth-order valence-corrected chi connectivity index (χ4v) is 2.41. The number of hydrogen-bond donors (Lipinski definition) is 2. The lowest BCUT2D eigenvalue weighted by Crippen LogP contribution is -2.32. The van der Waals surface area contributed by atoms with Gasteiger partial charge in [-0.05, 0) is 37.6 Å². The minimum atomic E-state index is -0.536. The molecule has 8 heteroatoms. The lowest BCUT2D eigenvalue weighted by atomic mass is 10.1. The second-order valence-electron chi connectivity index (χ2n) is 5.98. The maximum absolute atomic E-state index is 12.0. The normalized spacial score (nSPS) is 10.1. The van der Waals surface area contributed by atoms with E-state index >= 15 is 0 Å². The Kier molecular flexibility index (Phi) is 6.87. The maximum Gasteiger partial charge on any atom is 0.338 e. The van der Waals surface area contributed by atoms with E-state index in [1.807, 2.05) is 26.0 Å². The lowest BCUT2D eigenvalue weighted by Gasteiger charge is -2.09. The van der Waals surface area contributed by atoms with Crippen molar-refractivity contribution in [3.63, 3.8) is 0 Å². The SMILES string of the molecule is Cc1ccc(C(=O)OCC(=O)NCCNc2ccc([N+](=O)[O-])cc2)c(C)c1. The van der Waals surface area contributed by atoms with Crippen molar-refractivity contribution in [2.75, 3.05) is 25.0 Å². The molecular weight excluding hydrogens is 350 g/mol. The predicted molar refractivity (Wildman–Crippen MR) is 101 cm³/mol. The standard InChI is InChI=1S/C19H21N3O5/c1-13-3-8-17(14(2)11-13)19(24)27-12-18(23)21-10-9-20-15-4-6-16(7-5-15)22(25)26/h3-8,11,20H,9-10,12H2,1-2H3,(H,21,23). The second kappa shape index (κ2) is 9.33. The van der Waals surface area contributed by atoms with Gasteiger partial charge in [-0.3, -0.25) is 14.9 Å². The summed E-state index contributed by atoms with van der Waals surface area (Å²) in [6, 6.07) is 11.3. The van der Waals surface area contributed by atoms with Crippen molar-refractivity contribution >= 4 is 23.3 Å². The van der Waals surface area contributed by atoms with Gasteiger partial charge in [0.1, 0.15) is 0 Å². The minimum absolute atomic E-state index is 0.0134. The number of aryl methyl sites for hydroxylation is 2. The van der Waals surface area contributed by atoms with Crippen LogP contribution < -0.4 is 10.6 Å². The zero-order valence-corrected chi connectivity index (χ0v) is 15.2. The van der Waals surface area contributed by atoms with E-state index in [9.17, 15) is 19.7 Å². The highest BCUT2D eigenvalue weighted by atomic mass is 16.6. The van der Waals surface area contributed by atoms with Crippen LogP contribution in [-0.2, 0) is 9.53 Å². The van der Waals surface area contributed by atoms with Crippen LogP contribution in [0.15, 0.2) is 42.5 Å². The number of nitro benzene ring substituents is 1. The van der Waals surface area contributed by atoms with Crippen LogP contribution in [0.2, 0.25) is 0 Å². The van der Waals surface area contributed by atoms with Crippen LogP contribution in [0, 0.1) is 24.0 Å². The highest BCUT2D eigenvalue weighted by Gasteiger charge is 2.12. The number of amides is 1. The smallest absolute Gasteiger partial charge is 0.338 e. The zero-order chi connectivity index (χ0) is 19.8. The Labute approximate surface area is 156 Å². The fourth-order valence-electron chi connectivity index (χ4n) is 2.41. The van der Waals surface area contributed by atoms with E-state index in [4.69, 9.17) is 4.74 Å². The lowest BCUT2D eigenvalue weighted by molar-refractivity contribution is -0.384. The average Bonchev–Trinajstić information content (AvgIpc) is 2.63. The highest BCUT2D eigenvalue weighted by molar-refractivity contribution is 5.92. The van der Waals surface area contributed by atoms with Gasteiger partial charge in [-0.25, -0.2) is 4.79 Å². The van der Waals surface area contributed by atoms with E-state index in [0.29, 0.717) is 24.3 Å². The molecule has 0 heterocycles. The van der Waals surface area contributed by atoms with Crippen molar-refractivity contribution in [1.82, 2.24) is 5.32 Å². The largest absolute Gasteiger partial charge is 0.452 e. The quantitative estimate of drug-likeness (QED) is 0.319. The minimum Gasteiger partial charge on any atom is -0.452 e. The molecule has 0 spiro atoms. The van der Waals surface area contributed by atoms with Crippen molar-refractivity contribution in [1.29, 1.82) is 0 Å². The van der Waals surface area contributed by atoms with Gasteiger partial charge in [-0.15, -0.1) is 0 Å². The van der Waals surface area contributed by atoms with E-state index in [0.717, 1.165) is 11.1 Å². The molecule has 1 amide bonds. The second-order valence-corrected chi connectivity index (χ2v) is 5.98. The average molecular weight is 371 g/mol. The number of non-ortho nitro benzene ring substituents is 1. The number of nitrogens with zero attached hydrogens (tertiary/aromatic N) is 1. The third kappa shape index (κ3) is 6.10. The van der Waals surface area contributed by atoms with Gasteiger partial charge < -0.3 is 15.4 Å². The number of hydrogen-bond acceptors (Lipinski definition) is 6. The van der Waals surface area contributed by atoms with Gasteiger partial charge in [0.15, 0.2) is 6.61 Å². The van der Waals surface area contributed by atoms with Crippen molar-refractivity contribution in [3.8, 4) is 0 Å². The molecular formula is C19H21N3O5. The summed E-state index contributed by atoms with van der Waals surface area (Å²) in [7, 11) is 0. The molecule has 0 aromatic heterocycles. The summed E-state index contributed by atoms with van der Waals surface area (Å²) in [5.41, 5.74) is 3.00. The predicted octanol–water partition coefficient (Wildman–Crippen LogP) is 2.60. The monoisotopic (exact) mass is 371 g/mol. The number of nitro groups is 1. The summed E-state index contributed by atoms with van der Waals surface area (Å²) in [6.45, 7) is 4.13. The number of carbonyl (C=O) groups is 2. The Hall–Kier alpha value is -3.42. The summed E-state index contributed by atoms with van der Waals surface area (Å²) < 4.78 is 5.03. The number of rotatable bonds is 8. The Morgan fingerprint density at radius 1 is 1.07 bits per heavy atom. The molecule has 0 bridgehead atoms. The molecule has 2 rings (SSSR count). The summed E-state index contributed by atoms with van der Waals surface area (Å²) in [6.07, 6.45) is 0. The summed E-state index contributed by atoms with van der Waals surface area (Å²) in [4.78, 5) is 33.9. The zero-order valence-electron chi connectivity index (χ0n) is 15.2. The van der Waals surface area contributed by atoms with Crippen molar-refractivity contribution in [3.05, 3.63) is 69.3 Å². The summed E-state index contributed by atoms with van der Waals surface area (Å²) in [5, 5.41) is 16.2. The van der Waals surface area contributed by atoms with Gasteiger partial charge in [0, 0.05) is 30.9 Å². The molecule has 2 aromatic rings. The molecule has 0 saturated heterocycles. The van der Waals surface area contributed by atoms with E-state index in [1.165, 1.54) is 12.1 Å². The van der Waals surface area contributed by atoms with Gasteiger partial charge >= 0.3 is 5.97 Å². The Morgan fingerprint density at radius 2 is 1.78 bits per heavy atom. The van der Waals surface area contributed by atoms with Crippen LogP contribution in [0.3, 0.4) is 0 Å². The topological polar surface area (TPSA) is 111 Å². The number of benzene rings is 2. The Balaban J connectivity index is 1.68. The van der Waals surface area contributed by atoms with Gasteiger partial charge in [-0.1, -0.05) is 17.7 Å². The Bertz CT molecular complexity index is 834. The van der Waals surface area contributed by atoms with Crippen LogP contribution in [-0.4, -0.2) is 36.5 Å². The number of ether oxygens (including phenoxy) is 1. The highest BCUT2D eigenvalue weighted by Crippen LogP contribution is 2.15. The molecule has 0 aliphatic rings.